The van der Waals surface area contributed by atoms with E-state index in [-0.39, 0.29) is 49.1 Å². The number of piperazine rings is 1. The Bertz CT molecular complexity index is 1050. The number of carbonyl (C=O) groups is 3. The Hall–Kier alpha value is -2.50. The number of ether oxygens (including phenoxy) is 1. The lowest BCUT2D eigenvalue weighted by Gasteiger charge is -2.38. The number of amides is 3. The van der Waals surface area contributed by atoms with Crippen molar-refractivity contribution in [2.24, 2.45) is 5.92 Å². The fourth-order valence-corrected chi connectivity index (χ4v) is 6.48. The number of esters is 1. The maximum absolute atomic E-state index is 13.2. The van der Waals surface area contributed by atoms with Gasteiger partial charge in [0.2, 0.25) is 10.0 Å². The molecule has 1 spiro atoms. The molecule has 186 valence electrons. The van der Waals surface area contributed by atoms with Crippen LogP contribution in [0.15, 0.2) is 29.2 Å². The Labute approximate surface area is 200 Å². The zero-order chi connectivity index (χ0) is 24.5. The summed E-state index contributed by atoms with van der Waals surface area (Å²) >= 11 is 0. The first-order valence-electron chi connectivity index (χ1n) is 11.8. The Morgan fingerprint density at radius 2 is 1.79 bits per heavy atom. The molecule has 3 fully saturated rings. The van der Waals surface area contributed by atoms with Gasteiger partial charge in [-0.25, -0.2) is 22.9 Å². The van der Waals surface area contributed by atoms with Crippen LogP contribution in [-0.2, 0) is 19.6 Å². The van der Waals surface area contributed by atoms with Crippen molar-refractivity contribution in [3.8, 4) is 0 Å². The van der Waals surface area contributed by atoms with E-state index in [0.29, 0.717) is 25.1 Å². The van der Waals surface area contributed by atoms with E-state index in [4.69, 9.17) is 4.74 Å². The van der Waals surface area contributed by atoms with Gasteiger partial charge in [0.05, 0.1) is 23.7 Å². The standard InChI is InChI=1S/C23H32N4O6S/c1-3-33-20(28)18-7-9-19(10-8-18)34(31,32)26-14-12-25(13-15-26)16-27-21(29)23(24-22(27)30)11-5-4-6-17(23)2/h7-10,17H,3-6,11-16H2,1-2H3,(H,24,30)/t17-,23-/m1/s1. The largest absolute Gasteiger partial charge is 0.462 e. The van der Waals surface area contributed by atoms with Crippen LogP contribution in [0.1, 0.15) is 49.9 Å². The zero-order valence-electron chi connectivity index (χ0n) is 19.7. The second-order valence-corrected chi connectivity index (χ2v) is 11.1. The van der Waals surface area contributed by atoms with Gasteiger partial charge in [0.25, 0.3) is 5.91 Å². The summed E-state index contributed by atoms with van der Waals surface area (Å²) in [5.41, 5.74) is -0.500. The Morgan fingerprint density at radius 3 is 2.41 bits per heavy atom. The molecule has 0 unspecified atom stereocenters. The van der Waals surface area contributed by atoms with Crippen molar-refractivity contribution in [3.63, 3.8) is 0 Å². The lowest BCUT2D eigenvalue weighted by atomic mass is 9.73. The summed E-state index contributed by atoms with van der Waals surface area (Å²) in [4.78, 5) is 40.9. The van der Waals surface area contributed by atoms with Gasteiger partial charge >= 0.3 is 12.0 Å². The molecule has 2 aliphatic heterocycles. The third-order valence-electron chi connectivity index (χ3n) is 7.18. The first-order valence-corrected chi connectivity index (χ1v) is 13.3. The maximum Gasteiger partial charge on any atom is 0.338 e. The number of nitrogens with one attached hydrogen (secondary N) is 1. The van der Waals surface area contributed by atoms with Gasteiger partial charge in [0, 0.05) is 26.2 Å². The van der Waals surface area contributed by atoms with E-state index in [2.05, 4.69) is 5.32 Å². The Kier molecular flexibility index (Phi) is 6.97. The summed E-state index contributed by atoms with van der Waals surface area (Å²) in [6, 6.07) is 5.34. The number of rotatable bonds is 6. The zero-order valence-corrected chi connectivity index (χ0v) is 20.5. The highest BCUT2D eigenvalue weighted by molar-refractivity contribution is 7.89. The first kappa shape index (κ1) is 24.6. The quantitative estimate of drug-likeness (QED) is 0.474. The van der Waals surface area contributed by atoms with Gasteiger partial charge in [-0.05, 0) is 49.9 Å². The van der Waals surface area contributed by atoms with Gasteiger partial charge < -0.3 is 10.1 Å². The predicted octanol–water partition coefficient (Wildman–Crippen LogP) is 1.63. The molecule has 4 rings (SSSR count). The number of nitrogens with zero attached hydrogens (tertiary/aromatic N) is 3. The molecule has 3 aliphatic rings. The molecule has 0 radical (unpaired) electrons. The van der Waals surface area contributed by atoms with Gasteiger partial charge in [-0.15, -0.1) is 0 Å². The van der Waals surface area contributed by atoms with Crippen molar-refractivity contribution in [2.45, 2.75) is 50.0 Å². The predicted molar refractivity (Wildman–Crippen MR) is 123 cm³/mol. The van der Waals surface area contributed by atoms with Crippen molar-refractivity contribution >= 4 is 27.9 Å². The van der Waals surface area contributed by atoms with Crippen molar-refractivity contribution in [1.29, 1.82) is 0 Å². The first-order chi connectivity index (χ1) is 16.2. The molecule has 0 aromatic heterocycles. The molecule has 1 saturated carbocycles. The number of benzene rings is 1. The lowest BCUT2D eigenvalue weighted by Crippen LogP contribution is -2.55. The second kappa shape index (κ2) is 9.63. The van der Waals surface area contributed by atoms with Crippen LogP contribution in [0.5, 0.6) is 0 Å². The monoisotopic (exact) mass is 492 g/mol. The summed E-state index contributed by atoms with van der Waals surface area (Å²) in [7, 11) is -3.72. The van der Waals surface area contributed by atoms with Gasteiger partial charge in [-0.3, -0.25) is 9.69 Å². The highest BCUT2D eigenvalue weighted by Gasteiger charge is 2.55. The fourth-order valence-electron chi connectivity index (χ4n) is 5.06. The minimum atomic E-state index is -3.72. The molecule has 3 amide bonds. The van der Waals surface area contributed by atoms with E-state index < -0.39 is 21.5 Å². The third-order valence-corrected chi connectivity index (χ3v) is 9.09. The summed E-state index contributed by atoms with van der Waals surface area (Å²) in [5, 5.41) is 2.95. The summed E-state index contributed by atoms with van der Waals surface area (Å²) in [6.07, 6.45) is 3.56. The van der Waals surface area contributed by atoms with Crippen LogP contribution >= 0.6 is 0 Å². The summed E-state index contributed by atoms with van der Waals surface area (Å²) in [5.74, 6) is -0.564. The van der Waals surface area contributed by atoms with Gasteiger partial charge in [0.1, 0.15) is 5.54 Å². The molecule has 34 heavy (non-hydrogen) atoms. The number of sulfonamides is 1. The summed E-state index contributed by atoms with van der Waals surface area (Å²) < 4.78 is 32.4. The topological polar surface area (TPSA) is 116 Å². The van der Waals surface area contributed by atoms with Gasteiger partial charge in [0.15, 0.2) is 0 Å². The van der Waals surface area contributed by atoms with E-state index in [1.54, 1.807) is 6.92 Å². The highest BCUT2D eigenvalue weighted by atomic mass is 32.2. The summed E-state index contributed by atoms with van der Waals surface area (Å²) in [6.45, 7) is 5.41. The van der Waals surface area contributed by atoms with Crippen LogP contribution in [0.3, 0.4) is 0 Å². The molecule has 1 aromatic rings. The van der Waals surface area contributed by atoms with Gasteiger partial charge in [-0.1, -0.05) is 19.8 Å². The van der Waals surface area contributed by atoms with Crippen LogP contribution in [0, 0.1) is 5.92 Å². The van der Waals surface area contributed by atoms with Crippen LogP contribution in [0.4, 0.5) is 4.79 Å². The molecule has 10 nitrogen and oxygen atoms in total. The molecular formula is C23H32N4O6S. The van der Waals surface area contributed by atoms with Crippen molar-refractivity contribution < 1.29 is 27.5 Å². The molecule has 0 bridgehead atoms. The van der Waals surface area contributed by atoms with Crippen LogP contribution < -0.4 is 5.32 Å². The third kappa shape index (κ3) is 4.44. The van der Waals surface area contributed by atoms with Crippen molar-refractivity contribution in [1.82, 2.24) is 19.4 Å². The van der Waals surface area contributed by atoms with Crippen molar-refractivity contribution in [3.05, 3.63) is 29.8 Å². The molecule has 1 aliphatic carbocycles. The van der Waals surface area contributed by atoms with Gasteiger partial charge in [-0.2, -0.15) is 4.31 Å². The van der Waals surface area contributed by atoms with E-state index >= 15 is 0 Å². The number of hydrogen-bond donors (Lipinski definition) is 1. The smallest absolute Gasteiger partial charge is 0.338 e. The SMILES string of the molecule is CCOC(=O)c1ccc(S(=O)(=O)N2CCN(CN3C(=O)N[C@@]4(CCCC[C@H]4C)C3=O)CC2)cc1. The number of carbonyl (C=O) groups excluding carboxylic acids is 3. The molecule has 2 saturated heterocycles. The average Bonchev–Trinajstić information content (AvgIpc) is 3.06. The van der Waals surface area contributed by atoms with Crippen LogP contribution in [-0.4, -0.2) is 85.4 Å². The van der Waals surface area contributed by atoms with E-state index in [1.165, 1.54) is 33.5 Å². The number of urea groups is 1. The van der Waals surface area contributed by atoms with Crippen LogP contribution in [0.25, 0.3) is 0 Å². The Balaban J connectivity index is 1.36. The van der Waals surface area contributed by atoms with E-state index in [1.807, 2.05) is 11.8 Å². The number of imide groups is 1. The fraction of sp³-hybridized carbons (Fsp3) is 0.609. The molecule has 1 aromatic carbocycles. The maximum atomic E-state index is 13.2. The minimum Gasteiger partial charge on any atom is -0.462 e. The molecule has 2 atom stereocenters. The Morgan fingerprint density at radius 1 is 1.12 bits per heavy atom. The van der Waals surface area contributed by atoms with E-state index in [0.717, 1.165) is 19.3 Å². The molecular weight excluding hydrogens is 460 g/mol. The molecule has 11 heteroatoms. The van der Waals surface area contributed by atoms with Crippen LogP contribution in [0.2, 0.25) is 0 Å². The highest BCUT2D eigenvalue weighted by Crippen LogP contribution is 2.38. The molecule has 1 N–H and O–H groups in total. The van der Waals surface area contributed by atoms with Crippen molar-refractivity contribution in [2.75, 3.05) is 39.5 Å². The lowest BCUT2D eigenvalue weighted by molar-refractivity contribution is -0.135. The number of hydrogen-bond acceptors (Lipinski definition) is 7. The van der Waals surface area contributed by atoms with E-state index in [9.17, 15) is 22.8 Å². The normalized spacial score (nSPS) is 26.6. The molecule has 2 heterocycles. The second-order valence-electron chi connectivity index (χ2n) is 9.19. The average molecular weight is 493 g/mol. The minimum absolute atomic E-state index is 0.0971.